The Morgan fingerprint density at radius 1 is 0.667 bits per heavy atom. The van der Waals surface area contributed by atoms with Crippen LogP contribution in [0.1, 0.15) is 5.56 Å². The molecule has 6 aromatic rings. The Morgan fingerprint density at radius 3 is 2.06 bits per heavy atom. The van der Waals surface area contributed by atoms with Gasteiger partial charge in [-0.3, -0.25) is 0 Å². The van der Waals surface area contributed by atoms with Gasteiger partial charge in [-0.1, -0.05) is 66.6 Å². The van der Waals surface area contributed by atoms with Gasteiger partial charge >= 0.3 is 0 Å². The quantitative estimate of drug-likeness (QED) is 0.105. The summed E-state index contributed by atoms with van der Waals surface area (Å²) in [5, 5.41) is 12.2. The number of hydrogen-bond acceptors (Lipinski definition) is 1. The molecule has 4 heteroatoms. The molecular weight excluding hydrogens is 485 g/mol. The SMILES string of the molecule is C#C[Si]1CC(C#C)(c2c3ccccc3cc3c2ccc2cc4cc5ccccc5cc4cc23)O[Si][Si]1. The van der Waals surface area contributed by atoms with E-state index < -0.39 is 13.9 Å². The van der Waals surface area contributed by atoms with Crippen LogP contribution in [0.15, 0.2) is 91.0 Å². The summed E-state index contributed by atoms with van der Waals surface area (Å²) in [4.78, 5) is 0. The molecule has 0 N–H and O–H groups in total. The van der Waals surface area contributed by atoms with Crippen LogP contribution >= 0.6 is 0 Å². The Balaban J connectivity index is 1.60. The van der Waals surface area contributed by atoms with E-state index in [9.17, 15) is 0 Å². The van der Waals surface area contributed by atoms with Crippen molar-refractivity contribution in [1.29, 1.82) is 0 Å². The van der Waals surface area contributed by atoms with Gasteiger partial charge in [-0.2, -0.15) is 0 Å². The second-order valence-corrected chi connectivity index (χ2v) is 17.0. The Kier molecular flexibility index (Phi) is 4.92. The van der Waals surface area contributed by atoms with Gasteiger partial charge in [0.05, 0.1) is 8.55 Å². The van der Waals surface area contributed by atoms with E-state index in [1.54, 1.807) is 0 Å². The molecule has 0 amide bonds. The maximum atomic E-state index is 6.51. The summed E-state index contributed by atoms with van der Waals surface area (Å²) in [5.74, 6) is 3.10. The molecule has 1 aliphatic rings. The Bertz CT molecular complexity index is 1950. The van der Waals surface area contributed by atoms with Gasteiger partial charge in [-0.15, -0.1) is 18.4 Å². The van der Waals surface area contributed by atoms with Crippen molar-refractivity contribution in [2.24, 2.45) is 0 Å². The third kappa shape index (κ3) is 3.20. The molecule has 1 fully saturated rings. The summed E-state index contributed by atoms with van der Waals surface area (Å²) in [6.45, 7) is 0. The highest BCUT2D eigenvalue weighted by atomic mass is 29.5. The summed E-state index contributed by atoms with van der Waals surface area (Å²) >= 11 is 0. The average Bonchev–Trinajstić information content (AvgIpc) is 2.93. The summed E-state index contributed by atoms with van der Waals surface area (Å²) in [6.07, 6.45) is 12.2. The molecule has 1 nitrogen and oxygen atoms in total. The van der Waals surface area contributed by atoms with Crippen molar-refractivity contribution in [3.63, 3.8) is 0 Å². The van der Waals surface area contributed by atoms with Gasteiger partial charge in [-0.25, -0.2) is 0 Å². The number of terminal acetylenes is 2. The van der Waals surface area contributed by atoms with Gasteiger partial charge in [0, 0.05) is 5.56 Å². The fraction of sp³-hybridized carbons (Fsp3) is 0.0625. The maximum Gasteiger partial charge on any atom is 0.206 e. The second kappa shape index (κ2) is 8.20. The molecule has 0 aromatic heterocycles. The summed E-state index contributed by atoms with van der Waals surface area (Å²) < 4.78 is 6.51. The van der Waals surface area contributed by atoms with E-state index >= 15 is 0 Å². The predicted molar refractivity (Wildman–Crippen MR) is 156 cm³/mol. The summed E-state index contributed by atoms with van der Waals surface area (Å²) in [7, 11) is 0.0851. The largest absolute Gasteiger partial charge is 0.403 e. The fourth-order valence-corrected chi connectivity index (χ4v) is 12.8. The molecule has 0 spiro atoms. The van der Waals surface area contributed by atoms with Gasteiger partial charge in [0.25, 0.3) is 0 Å². The minimum Gasteiger partial charge on any atom is -0.403 e. The molecule has 0 bridgehead atoms. The van der Waals surface area contributed by atoms with Crippen LogP contribution in [0.3, 0.4) is 0 Å². The van der Waals surface area contributed by atoms with Gasteiger partial charge in [0.15, 0.2) is 0 Å². The first-order chi connectivity index (χ1) is 17.7. The van der Waals surface area contributed by atoms with Crippen molar-refractivity contribution in [1.82, 2.24) is 0 Å². The van der Waals surface area contributed by atoms with Crippen LogP contribution in [-0.4, -0.2) is 26.1 Å². The van der Waals surface area contributed by atoms with Crippen LogP contribution in [0.25, 0.3) is 53.9 Å². The molecular formula is C32H19OSi3. The maximum absolute atomic E-state index is 6.51. The normalized spacial score (nSPS) is 18.6. The molecule has 1 aliphatic heterocycles. The van der Waals surface area contributed by atoms with Crippen LogP contribution in [-0.2, 0) is 10.0 Å². The smallest absolute Gasteiger partial charge is 0.206 e. The van der Waals surface area contributed by atoms with Crippen molar-refractivity contribution in [2.75, 3.05) is 0 Å². The van der Waals surface area contributed by atoms with Crippen molar-refractivity contribution in [3.8, 4) is 24.3 Å². The molecule has 6 aromatic carbocycles. The molecule has 1 saturated heterocycles. The lowest BCUT2D eigenvalue weighted by Gasteiger charge is -2.36. The molecule has 0 aliphatic carbocycles. The van der Waals surface area contributed by atoms with Gasteiger partial charge in [-0.05, 0) is 90.2 Å². The molecule has 5 radical (unpaired) electrons. The van der Waals surface area contributed by atoms with E-state index in [-0.39, 0.29) is 0 Å². The number of rotatable bonds is 1. The van der Waals surface area contributed by atoms with Crippen molar-refractivity contribution in [3.05, 3.63) is 96.6 Å². The zero-order chi connectivity index (χ0) is 24.3. The fourth-order valence-electron chi connectivity index (χ4n) is 5.63. The van der Waals surface area contributed by atoms with Gasteiger partial charge < -0.3 is 4.43 Å². The van der Waals surface area contributed by atoms with Crippen LogP contribution < -0.4 is 0 Å². The first-order valence-corrected chi connectivity index (χ1v) is 17.5. The first kappa shape index (κ1) is 21.6. The zero-order valence-corrected chi connectivity index (χ0v) is 22.4. The van der Waals surface area contributed by atoms with E-state index in [0.717, 1.165) is 22.4 Å². The third-order valence-corrected chi connectivity index (χ3v) is 15.5. The molecule has 36 heavy (non-hydrogen) atoms. The highest BCUT2D eigenvalue weighted by Gasteiger charge is 2.41. The molecule has 7 rings (SSSR count). The van der Waals surface area contributed by atoms with E-state index in [4.69, 9.17) is 17.3 Å². The van der Waals surface area contributed by atoms with E-state index in [0.29, 0.717) is 17.8 Å². The van der Waals surface area contributed by atoms with Crippen molar-refractivity contribution < 1.29 is 4.43 Å². The number of fused-ring (bicyclic) bond motifs is 6. The molecule has 1 heterocycles. The van der Waals surface area contributed by atoms with E-state index in [1.165, 1.54) is 43.1 Å². The monoisotopic (exact) mass is 503 g/mol. The molecule has 1 unspecified atom stereocenters. The van der Waals surface area contributed by atoms with Gasteiger partial charge in [0.1, 0.15) is 13.9 Å². The van der Waals surface area contributed by atoms with E-state index in [2.05, 4.69) is 102 Å². The average molecular weight is 504 g/mol. The van der Waals surface area contributed by atoms with Crippen molar-refractivity contribution in [2.45, 2.75) is 11.6 Å². The minimum absolute atomic E-state index is 0.362. The summed E-state index contributed by atoms with van der Waals surface area (Å²) in [6, 6.07) is 33.8. The molecule has 165 valence electrons. The Hall–Kier alpha value is -3.65. The number of benzene rings is 6. The standard InChI is InChI=1S/C32H19OSi3/c1-3-32(20-36(4-2)35-34-33-32)31-27-12-8-7-11-23(27)18-30-28(31)14-13-24-17-25-15-21-9-5-6-10-22(21)16-26(25)19-29(24)30/h1-2,5-19H,20H2. The molecule has 0 saturated carbocycles. The lowest BCUT2D eigenvalue weighted by atomic mass is 9.85. The highest BCUT2D eigenvalue weighted by molar-refractivity contribution is 7.37. The van der Waals surface area contributed by atoms with Crippen LogP contribution in [0.5, 0.6) is 0 Å². The topological polar surface area (TPSA) is 9.23 Å². The van der Waals surface area contributed by atoms with Crippen molar-refractivity contribution >= 4 is 80.0 Å². The highest BCUT2D eigenvalue weighted by Crippen LogP contribution is 2.44. The Labute approximate surface area is 216 Å². The third-order valence-electron chi connectivity index (χ3n) is 7.35. The Morgan fingerprint density at radius 2 is 1.31 bits per heavy atom. The molecule has 1 atom stereocenters. The lowest BCUT2D eigenvalue weighted by molar-refractivity contribution is 0.167. The first-order valence-electron chi connectivity index (χ1n) is 11.9. The minimum atomic E-state index is -0.979. The number of hydrogen-bond donors (Lipinski definition) is 0. The predicted octanol–water partition coefficient (Wildman–Crippen LogP) is 6.71. The van der Waals surface area contributed by atoms with Crippen LogP contribution in [0.4, 0.5) is 0 Å². The van der Waals surface area contributed by atoms with Crippen LogP contribution in [0.2, 0.25) is 6.04 Å². The van der Waals surface area contributed by atoms with Gasteiger partial charge in [0.2, 0.25) is 9.28 Å². The van der Waals surface area contributed by atoms with Crippen LogP contribution in [0, 0.1) is 24.3 Å². The lowest BCUT2D eigenvalue weighted by Crippen LogP contribution is -2.46. The van der Waals surface area contributed by atoms with E-state index in [1.807, 2.05) is 0 Å². The zero-order valence-electron chi connectivity index (χ0n) is 19.4. The second-order valence-electron chi connectivity index (χ2n) is 9.35. The summed E-state index contributed by atoms with van der Waals surface area (Å²) in [5.41, 5.74) is 3.39.